The lowest BCUT2D eigenvalue weighted by Crippen LogP contribution is -2.35. The Morgan fingerprint density at radius 2 is 1.74 bits per heavy atom. The molecule has 0 radical (unpaired) electrons. The third-order valence-electron chi connectivity index (χ3n) is 4.73. The van der Waals surface area contributed by atoms with Crippen molar-refractivity contribution in [2.75, 3.05) is 10.7 Å². The lowest BCUT2D eigenvalue weighted by atomic mass is 10.2. The summed E-state index contributed by atoms with van der Waals surface area (Å²) in [4.78, 5) is 19.3. The molecule has 0 unspecified atom stereocenters. The highest BCUT2D eigenvalue weighted by molar-refractivity contribution is 7.92. The molecule has 1 aromatic heterocycles. The molecule has 0 aliphatic rings. The van der Waals surface area contributed by atoms with Gasteiger partial charge in [0.05, 0.1) is 21.7 Å². The Labute approximate surface area is 189 Å². The molecule has 0 atom stereocenters. The van der Waals surface area contributed by atoms with Crippen LogP contribution < -0.4 is 4.90 Å². The van der Waals surface area contributed by atoms with Gasteiger partial charge in [0, 0.05) is 5.02 Å². The number of carbonyl (C=O) groups excluding carboxylic acids is 1. The molecule has 3 aromatic carbocycles. The normalized spacial score (nSPS) is 11.5. The Hall–Kier alpha value is -2.74. The zero-order valence-corrected chi connectivity index (χ0v) is 19.0. The van der Waals surface area contributed by atoms with Crippen LogP contribution in [-0.2, 0) is 21.2 Å². The van der Waals surface area contributed by atoms with Gasteiger partial charge in [0.1, 0.15) is 5.75 Å². The van der Waals surface area contributed by atoms with Crippen LogP contribution >= 0.6 is 22.9 Å². The second-order valence-corrected chi connectivity index (χ2v) is 10.6. The summed E-state index contributed by atoms with van der Waals surface area (Å²) in [5.41, 5.74) is 2.75. The van der Waals surface area contributed by atoms with E-state index in [1.165, 1.54) is 40.5 Å². The smallest absolute Gasteiger partial charge is 0.244 e. The SMILES string of the molecule is Cc1ccc2nc(N(Cc3ccccc3)C(=O)CS(=O)(=O)c3ccc(Cl)cc3)sc2c1. The van der Waals surface area contributed by atoms with Crippen molar-refractivity contribution in [3.8, 4) is 0 Å². The number of aromatic nitrogens is 1. The van der Waals surface area contributed by atoms with Crippen LogP contribution in [0, 0.1) is 6.92 Å². The third kappa shape index (κ3) is 4.95. The molecule has 0 fully saturated rings. The van der Waals surface area contributed by atoms with E-state index in [-0.39, 0.29) is 11.4 Å². The predicted octanol–water partition coefficient (Wildman–Crippen LogP) is 5.27. The number of aryl methyl sites for hydroxylation is 1. The minimum Gasteiger partial charge on any atom is -0.283 e. The first-order chi connectivity index (χ1) is 14.8. The number of benzene rings is 3. The average molecular weight is 471 g/mol. The molecule has 0 bridgehead atoms. The fourth-order valence-corrected chi connectivity index (χ4v) is 5.53. The van der Waals surface area contributed by atoms with Crippen LogP contribution in [0.25, 0.3) is 10.2 Å². The molecular weight excluding hydrogens is 452 g/mol. The third-order valence-corrected chi connectivity index (χ3v) is 7.64. The summed E-state index contributed by atoms with van der Waals surface area (Å²) in [5.74, 6) is -1.19. The van der Waals surface area contributed by atoms with E-state index in [0.29, 0.717) is 10.2 Å². The standard InChI is InChI=1S/C23H19ClN2O3S2/c1-16-7-12-20-21(13-16)30-23(25-20)26(14-17-5-3-2-4-6-17)22(27)15-31(28,29)19-10-8-18(24)9-11-19/h2-13H,14-15H2,1H3. The average Bonchev–Trinajstić information content (AvgIpc) is 3.15. The highest BCUT2D eigenvalue weighted by atomic mass is 35.5. The molecule has 0 saturated carbocycles. The number of fused-ring (bicyclic) bond motifs is 1. The molecule has 5 nitrogen and oxygen atoms in total. The molecule has 0 saturated heterocycles. The van der Waals surface area contributed by atoms with Gasteiger partial charge in [-0.2, -0.15) is 0 Å². The topological polar surface area (TPSA) is 67.3 Å². The van der Waals surface area contributed by atoms with Gasteiger partial charge in [-0.25, -0.2) is 13.4 Å². The Bertz CT molecular complexity index is 1330. The Morgan fingerprint density at radius 3 is 2.45 bits per heavy atom. The lowest BCUT2D eigenvalue weighted by molar-refractivity contribution is -0.116. The van der Waals surface area contributed by atoms with Crippen molar-refractivity contribution in [3.63, 3.8) is 0 Å². The molecule has 4 aromatic rings. The predicted molar refractivity (Wildman–Crippen MR) is 125 cm³/mol. The van der Waals surface area contributed by atoms with Gasteiger partial charge >= 0.3 is 0 Å². The number of carbonyl (C=O) groups is 1. The maximum absolute atomic E-state index is 13.2. The minimum atomic E-state index is -3.83. The second kappa shape index (κ2) is 8.78. The maximum Gasteiger partial charge on any atom is 0.244 e. The molecule has 0 aliphatic heterocycles. The molecule has 1 heterocycles. The molecule has 0 aliphatic carbocycles. The first kappa shape index (κ1) is 21.5. The van der Waals surface area contributed by atoms with Crippen molar-refractivity contribution in [2.24, 2.45) is 0 Å². The number of halogens is 1. The van der Waals surface area contributed by atoms with E-state index in [2.05, 4.69) is 4.98 Å². The fraction of sp³-hybridized carbons (Fsp3) is 0.130. The number of hydrogen-bond donors (Lipinski definition) is 0. The summed E-state index contributed by atoms with van der Waals surface area (Å²) in [6.07, 6.45) is 0. The number of nitrogens with zero attached hydrogens (tertiary/aromatic N) is 2. The van der Waals surface area contributed by atoms with Crippen LogP contribution in [0.4, 0.5) is 5.13 Å². The quantitative estimate of drug-likeness (QED) is 0.385. The van der Waals surface area contributed by atoms with Crippen LogP contribution in [0.5, 0.6) is 0 Å². The van der Waals surface area contributed by atoms with Crippen LogP contribution in [0.3, 0.4) is 0 Å². The fourth-order valence-electron chi connectivity index (χ4n) is 3.13. The van der Waals surface area contributed by atoms with Crippen molar-refractivity contribution in [3.05, 3.63) is 88.9 Å². The Balaban J connectivity index is 1.69. The Kier molecular flexibility index (Phi) is 6.09. The highest BCUT2D eigenvalue weighted by Gasteiger charge is 2.27. The van der Waals surface area contributed by atoms with Crippen molar-refractivity contribution in [1.82, 2.24) is 4.98 Å². The lowest BCUT2D eigenvalue weighted by Gasteiger charge is -2.20. The van der Waals surface area contributed by atoms with E-state index in [1.807, 2.05) is 55.5 Å². The van der Waals surface area contributed by atoms with Gasteiger partial charge in [-0.1, -0.05) is 59.3 Å². The van der Waals surface area contributed by atoms with Gasteiger partial charge in [0.15, 0.2) is 15.0 Å². The molecule has 158 valence electrons. The molecule has 31 heavy (non-hydrogen) atoms. The van der Waals surface area contributed by atoms with E-state index in [9.17, 15) is 13.2 Å². The van der Waals surface area contributed by atoms with Gasteiger partial charge < -0.3 is 0 Å². The maximum atomic E-state index is 13.2. The number of hydrogen-bond acceptors (Lipinski definition) is 5. The van der Waals surface area contributed by atoms with Crippen LogP contribution in [0.2, 0.25) is 5.02 Å². The first-order valence-corrected chi connectivity index (χ1v) is 12.4. The van der Waals surface area contributed by atoms with E-state index in [0.717, 1.165) is 21.3 Å². The monoisotopic (exact) mass is 470 g/mol. The zero-order chi connectivity index (χ0) is 22.0. The largest absolute Gasteiger partial charge is 0.283 e. The van der Waals surface area contributed by atoms with Gasteiger partial charge in [0.25, 0.3) is 0 Å². The van der Waals surface area contributed by atoms with E-state index in [1.54, 1.807) is 0 Å². The number of thiazole rings is 1. The van der Waals surface area contributed by atoms with Gasteiger partial charge in [-0.3, -0.25) is 9.69 Å². The summed E-state index contributed by atoms with van der Waals surface area (Å²) < 4.78 is 26.6. The number of rotatable bonds is 6. The summed E-state index contributed by atoms with van der Waals surface area (Å²) in [6.45, 7) is 2.22. The van der Waals surface area contributed by atoms with Gasteiger partial charge in [-0.05, 0) is 54.4 Å². The van der Waals surface area contributed by atoms with Crippen LogP contribution in [0.1, 0.15) is 11.1 Å². The van der Waals surface area contributed by atoms with E-state index < -0.39 is 21.5 Å². The zero-order valence-electron chi connectivity index (χ0n) is 16.7. The number of anilines is 1. The van der Waals surface area contributed by atoms with Crippen molar-refractivity contribution < 1.29 is 13.2 Å². The molecular formula is C23H19ClN2O3S2. The number of amides is 1. The number of sulfone groups is 1. The van der Waals surface area contributed by atoms with Crippen LogP contribution in [0.15, 0.2) is 77.7 Å². The van der Waals surface area contributed by atoms with Crippen molar-refractivity contribution in [1.29, 1.82) is 0 Å². The minimum absolute atomic E-state index is 0.0600. The first-order valence-electron chi connectivity index (χ1n) is 9.52. The van der Waals surface area contributed by atoms with Gasteiger partial charge in [0.2, 0.25) is 5.91 Å². The van der Waals surface area contributed by atoms with E-state index in [4.69, 9.17) is 11.6 Å². The molecule has 0 spiro atoms. The molecule has 8 heteroatoms. The van der Waals surface area contributed by atoms with E-state index >= 15 is 0 Å². The Morgan fingerprint density at radius 1 is 1.03 bits per heavy atom. The van der Waals surface area contributed by atoms with Gasteiger partial charge in [-0.15, -0.1) is 0 Å². The molecule has 1 amide bonds. The summed E-state index contributed by atoms with van der Waals surface area (Å²) in [7, 11) is -3.83. The van der Waals surface area contributed by atoms with Crippen molar-refractivity contribution >= 4 is 54.0 Å². The molecule has 4 rings (SSSR count). The summed E-state index contributed by atoms with van der Waals surface area (Å²) in [5, 5.41) is 0.904. The molecule has 0 N–H and O–H groups in total. The second-order valence-electron chi connectivity index (χ2n) is 7.15. The van der Waals surface area contributed by atoms with Crippen molar-refractivity contribution in [2.45, 2.75) is 18.4 Å². The highest BCUT2D eigenvalue weighted by Crippen LogP contribution is 2.31. The summed E-state index contributed by atoms with van der Waals surface area (Å²) in [6, 6.07) is 21.1. The van der Waals surface area contributed by atoms with Crippen LogP contribution in [-0.4, -0.2) is 25.1 Å². The summed E-state index contributed by atoms with van der Waals surface area (Å²) >= 11 is 7.23.